The number of carbonyl (C=O) groups excluding carboxylic acids is 1. The van der Waals surface area contributed by atoms with Gasteiger partial charge < -0.3 is 10.6 Å². The van der Waals surface area contributed by atoms with Crippen LogP contribution in [0.1, 0.15) is 39.5 Å². The molecular weight excluding hydrogens is 164 g/mol. The van der Waals surface area contributed by atoms with Gasteiger partial charge in [-0.1, -0.05) is 20.3 Å². The minimum Gasteiger partial charge on any atom is -0.341 e. The maximum atomic E-state index is 11.1. The van der Waals surface area contributed by atoms with Gasteiger partial charge in [0, 0.05) is 13.1 Å². The summed E-state index contributed by atoms with van der Waals surface area (Å²) in [5.74, 6) is 0. The normalized spacial score (nSPS) is 26.5. The number of carbonyl (C=O) groups is 1. The quantitative estimate of drug-likeness (QED) is 0.642. The molecule has 0 aromatic heterocycles. The van der Waals surface area contributed by atoms with E-state index in [9.17, 15) is 4.79 Å². The van der Waals surface area contributed by atoms with Crippen LogP contribution in [0.2, 0.25) is 0 Å². The van der Waals surface area contributed by atoms with Gasteiger partial charge in [0.2, 0.25) is 0 Å². The fourth-order valence-corrected chi connectivity index (χ4v) is 2.08. The van der Waals surface area contributed by atoms with E-state index >= 15 is 0 Å². The van der Waals surface area contributed by atoms with Crippen LogP contribution in [0.25, 0.3) is 0 Å². The lowest BCUT2D eigenvalue weighted by molar-refractivity contribution is 0.192. The minimum absolute atomic E-state index is 0.0531. The zero-order chi connectivity index (χ0) is 9.90. The van der Waals surface area contributed by atoms with Crippen molar-refractivity contribution < 1.29 is 4.79 Å². The summed E-state index contributed by atoms with van der Waals surface area (Å²) in [7, 11) is 1.66. The van der Waals surface area contributed by atoms with Crippen molar-refractivity contribution in [2.45, 2.75) is 45.6 Å². The molecule has 3 nitrogen and oxygen atoms in total. The Morgan fingerprint density at radius 3 is 2.69 bits per heavy atom. The molecule has 1 saturated carbocycles. The van der Waals surface area contributed by atoms with Crippen LogP contribution in [0.5, 0.6) is 0 Å². The Hall–Kier alpha value is -0.730. The molecule has 0 aromatic carbocycles. The molecule has 1 atom stereocenters. The van der Waals surface area contributed by atoms with Gasteiger partial charge in [0.25, 0.3) is 0 Å². The first-order chi connectivity index (χ1) is 6.03. The third-order valence-electron chi connectivity index (χ3n) is 2.77. The van der Waals surface area contributed by atoms with Crippen LogP contribution >= 0.6 is 0 Å². The number of amides is 2. The van der Waals surface area contributed by atoms with E-state index in [4.69, 9.17) is 0 Å². The summed E-state index contributed by atoms with van der Waals surface area (Å²) in [4.78, 5) is 11.1. The Kier molecular flexibility index (Phi) is 3.17. The van der Waals surface area contributed by atoms with Gasteiger partial charge in [-0.15, -0.1) is 0 Å². The topological polar surface area (TPSA) is 41.1 Å². The average Bonchev–Trinajstić information content (AvgIpc) is 2.02. The third-order valence-corrected chi connectivity index (χ3v) is 2.77. The van der Waals surface area contributed by atoms with E-state index in [1.165, 1.54) is 12.8 Å². The molecule has 1 aliphatic rings. The van der Waals surface area contributed by atoms with Crippen LogP contribution in [0.4, 0.5) is 4.79 Å². The van der Waals surface area contributed by atoms with E-state index in [2.05, 4.69) is 24.5 Å². The second kappa shape index (κ2) is 3.99. The van der Waals surface area contributed by atoms with E-state index in [0.717, 1.165) is 12.8 Å². The highest BCUT2D eigenvalue weighted by Crippen LogP contribution is 2.34. The Balaban J connectivity index is 2.39. The predicted octanol–water partition coefficient (Wildman–Crippen LogP) is 1.88. The molecule has 0 aliphatic heterocycles. The second-order valence-electron chi connectivity index (χ2n) is 4.68. The van der Waals surface area contributed by atoms with Crippen LogP contribution in [0.3, 0.4) is 0 Å². The molecule has 1 fully saturated rings. The Morgan fingerprint density at radius 2 is 2.15 bits per heavy atom. The number of hydrogen-bond acceptors (Lipinski definition) is 1. The fourth-order valence-electron chi connectivity index (χ4n) is 2.08. The molecule has 0 heterocycles. The monoisotopic (exact) mass is 184 g/mol. The highest BCUT2D eigenvalue weighted by molar-refractivity contribution is 5.73. The van der Waals surface area contributed by atoms with Crippen LogP contribution in [0.15, 0.2) is 0 Å². The van der Waals surface area contributed by atoms with Gasteiger partial charge in [-0.05, 0) is 24.7 Å². The van der Waals surface area contributed by atoms with E-state index in [-0.39, 0.29) is 6.03 Å². The first kappa shape index (κ1) is 10.4. The predicted molar refractivity (Wildman–Crippen MR) is 53.6 cm³/mol. The largest absolute Gasteiger partial charge is 0.341 e. The fraction of sp³-hybridized carbons (Fsp3) is 0.900. The minimum atomic E-state index is -0.0531. The molecule has 13 heavy (non-hydrogen) atoms. The summed E-state index contributed by atoms with van der Waals surface area (Å²) >= 11 is 0. The van der Waals surface area contributed by atoms with E-state index in [0.29, 0.717) is 11.5 Å². The van der Waals surface area contributed by atoms with Crippen molar-refractivity contribution >= 4 is 6.03 Å². The van der Waals surface area contributed by atoms with Crippen molar-refractivity contribution in [2.24, 2.45) is 5.41 Å². The smallest absolute Gasteiger partial charge is 0.314 e. The Morgan fingerprint density at radius 1 is 1.46 bits per heavy atom. The maximum Gasteiger partial charge on any atom is 0.314 e. The van der Waals surface area contributed by atoms with Gasteiger partial charge in [0.15, 0.2) is 0 Å². The zero-order valence-corrected chi connectivity index (χ0v) is 8.81. The van der Waals surface area contributed by atoms with Crippen molar-refractivity contribution in [2.75, 3.05) is 7.05 Å². The lowest BCUT2D eigenvalue weighted by Gasteiger charge is -2.35. The van der Waals surface area contributed by atoms with Crippen molar-refractivity contribution in [1.29, 1.82) is 0 Å². The lowest BCUT2D eigenvalue weighted by atomic mass is 9.75. The highest BCUT2D eigenvalue weighted by Gasteiger charge is 2.28. The molecule has 0 bridgehead atoms. The summed E-state index contributed by atoms with van der Waals surface area (Å²) < 4.78 is 0. The molecular formula is C10H20N2O. The van der Waals surface area contributed by atoms with E-state index < -0.39 is 0 Å². The van der Waals surface area contributed by atoms with Crippen LogP contribution in [-0.4, -0.2) is 19.1 Å². The average molecular weight is 184 g/mol. The standard InChI is InChI=1S/C10H20N2O/c1-10(2)6-4-5-8(7-10)12-9(13)11-3/h8H,4-7H2,1-3H3,(H2,11,12,13). The van der Waals surface area contributed by atoms with Gasteiger partial charge in [-0.25, -0.2) is 4.79 Å². The molecule has 76 valence electrons. The van der Waals surface area contributed by atoms with Gasteiger partial charge in [-0.2, -0.15) is 0 Å². The van der Waals surface area contributed by atoms with Crippen molar-refractivity contribution in [3.05, 3.63) is 0 Å². The Labute approximate surface area is 80.3 Å². The molecule has 0 radical (unpaired) electrons. The van der Waals surface area contributed by atoms with Gasteiger partial charge in [-0.3, -0.25) is 0 Å². The molecule has 0 spiro atoms. The van der Waals surface area contributed by atoms with Crippen molar-refractivity contribution in [1.82, 2.24) is 10.6 Å². The van der Waals surface area contributed by atoms with E-state index in [1.807, 2.05) is 0 Å². The van der Waals surface area contributed by atoms with Crippen LogP contribution < -0.4 is 10.6 Å². The van der Waals surface area contributed by atoms with Crippen LogP contribution in [-0.2, 0) is 0 Å². The summed E-state index contributed by atoms with van der Waals surface area (Å²) in [6, 6.07) is 0.311. The molecule has 0 aromatic rings. The molecule has 2 amide bonds. The number of hydrogen-bond donors (Lipinski definition) is 2. The molecule has 3 heteroatoms. The Bertz CT molecular complexity index is 189. The summed E-state index contributed by atoms with van der Waals surface area (Å²) in [6.45, 7) is 4.54. The summed E-state index contributed by atoms with van der Waals surface area (Å²) in [6.07, 6.45) is 4.72. The molecule has 0 saturated heterocycles. The molecule has 1 unspecified atom stereocenters. The molecule has 2 N–H and O–H groups in total. The third kappa shape index (κ3) is 3.25. The number of rotatable bonds is 1. The van der Waals surface area contributed by atoms with Crippen molar-refractivity contribution in [3.8, 4) is 0 Å². The first-order valence-corrected chi connectivity index (χ1v) is 5.02. The van der Waals surface area contributed by atoms with Gasteiger partial charge in [0.1, 0.15) is 0 Å². The summed E-state index contributed by atoms with van der Waals surface area (Å²) in [5.41, 5.74) is 0.393. The highest BCUT2D eigenvalue weighted by atomic mass is 16.2. The zero-order valence-electron chi connectivity index (χ0n) is 8.81. The SMILES string of the molecule is CNC(=O)NC1CCCC(C)(C)C1. The van der Waals surface area contributed by atoms with Gasteiger partial charge >= 0.3 is 6.03 Å². The molecule has 1 aliphatic carbocycles. The maximum absolute atomic E-state index is 11.1. The summed E-state index contributed by atoms with van der Waals surface area (Å²) in [5, 5.41) is 5.56. The molecule has 1 rings (SSSR count). The first-order valence-electron chi connectivity index (χ1n) is 5.02. The van der Waals surface area contributed by atoms with E-state index in [1.54, 1.807) is 7.05 Å². The van der Waals surface area contributed by atoms with Gasteiger partial charge in [0.05, 0.1) is 0 Å². The van der Waals surface area contributed by atoms with Crippen molar-refractivity contribution in [3.63, 3.8) is 0 Å². The van der Waals surface area contributed by atoms with Crippen LogP contribution in [0, 0.1) is 5.41 Å². The number of nitrogens with one attached hydrogen (secondary N) is 2. The number of urea groups is 1. The lowest BCUT2D eigenvalue weighted by Crippen LogP contribution is -2.44. The second-order valence-corrected chi connectivity index (χ2v) is 4.68.